The first-order valence-electron chi connectivity index (χ1n) is 12.6. The van der Waals surface area contributed by atoms with Crippen molar-refractivity contribution in [1.29, 1.82) is 0 Å². The molecule has 10 nitrogen and oxygen atoms in total. The monoisotopic (exact) mass is 527 g/mol. The summed E-state index contributed by atoms with van der Waals surface area (Å²) < 4.78 is 10.6. The molecule has 4 N–H and O–H groups in total. The summed E-state index contributed by atoms with van der Waals surface area (Å²) >= 11 is 0. The van der Waals surface area contributed by atoms with Gasteiger partial charge in [0.25, 0.3) is 5.91 Å². The van der Waals surface area contributed by atoms with E-state index in [9.17, 15) is 14.7 Å². The van der Waals surface area contributed by atoms with Gasteiger partial charge in [-0.25, -0.2) is 9.78 Å². The van der Waals surface area contributed by atoms with Crippen LogP contribution in [0.3, 0.4) is 0 Å². The number of aromatic carboxylic acids is 1. The van der Waals surface area contributed by atoms with Crippen LogP contribution in [0.15, 0.2) is 42.7 Å². The van der Waals surface area contributed by atoms with Crippen molar-refractivity contribution in [3.8, 4) is 23.0 Å². The number of anilines is 2. The lowest BCUT2D eigenvalue weighted by Crippen LogP contribution is -2.14. The lowest BCUT2D eigenvalue weighted by Gasteiger charge is -2.18. The topological polar surface area (TPSA) is 150 Å². The Bertz CT molecular complexity index is 1600. The fraction of sp³-hybridized carbons (Fsp3) is 0.276. The standard InChI is InChI=1S/C29H29N5O5/c1-15-8-21-24(12-20(15)22-13-32-29(39-3)34-27(22)38-2)31-14-23(26(30)35)25(21)33-19-10-17(16-6-4-5-7-16)9-18(11-19)28(36)37/h8-14,16H,4-7H2,1-3H3,(H2,30,35)(H,31,33)(H,36,37). The summed E-state index contributed by atoms with van der Waals surface area (Å²) in [5, 5.41) is 13.7. The Kier molecular flexibility index (Phi) is 7.02. The average molecular weight is 528 g/mol. The van der Waals surface area contributed by atoms with Crippen molar-refractivity contribution in [2.24, 2.45) is 5.73 Å². The summed E-state index contributed by atoms with van der Waals surface area (Å²) in [5.74, 6) is -1.00. The molecule has 2 heterocycles. The fourth-order valence-electron chi connectivity index (χ4n) is 5.24. The zero-order valence-electron chi connectivity index (χ0n) is 21.9. The maximum absolute atomic E-state index is 12.4. The van der Waals surface area contributed by atoms with Crippen molar-refractivity contribution >= 4 is 34.2 Å². The van der Waals surface area contributed by atoms with E-state index in [4.69, 9.17) is 15.2 Å². The van der Waals surface area contributed by atoms with Gasteiger partial charge in [0.15, 0.2) is 0 Å². The number of nitrogens with one attached hydrogen (secondary N) is 1. The molecule has 1 fully saturated rings. The van der Waals surface area contributed by atoms with Gasteiger partial charge in [-0.15, -0.1) is 0 Å². The summed E-state index contributed by atoms with van der Waals surface area (Å²) in [5.41, 5.74) is 11.0. The van der Waals surface area contributed by atoms with Gasteiger partial charge in [0.1, 0.15) is 0 Å². The van der Waals surface area contributed by atoms with Gasteiger partial charge in [-0.2, -0.15) is 4.98 Å². The number of primary amides is 1. The van der Waals surface area contributed by atoms with Crippen molar-refractivity contribution < 1.29 is 24.2 Å². The number of pyridine rings is 1. The SMILES string of the molecule is COc1ncc(-c2cc3ncc(C(N)=O)c(Nc4cc(C(=O)O)cc(C5CCCC5)c4)c3cc2C)c(OC)n1. The number of hydrogen-bond acceptors (Lipinski definition) is 8. The highest BCUT2D eigenvalue weighted by Gasteiger charge is 2.22. The van der Waals surface area contributed by atoms with Crippen LogP contribution < -0.4 is 20.5 Å². The van der Waals surface area contributed by atoms with Crippen molar-refractivity contribution in [3.63, 3.8) is 0 Å². The van der Waals surface area contributed by atoms with E-state index < -0.39 is 11.9 Å². The number of carbonyl (C=O) groups is 2. The number of carboxylic acid groups (broad SMARTS) is 1. The molecule has 1 aliphatic rings. The largest absolute Gasteiger partial charge is 0.480 e. The number of aromatic nitrogens is 3. The number of nitrogens with zero attached hydrogens (tertiary/aromatic N) is 3. The van der Waals surface area contributed by atoms with Crippen molar-refractivity contribution in [2.75, 3.05) is 19.5 Å². The Hall–Kier alpha value is -4.73. The second kappa shape index (κ2) is 10.6. The molecule has 5 rings (SSSR count). The Balaban J connectivity index is 1.65. The molecule has 0 bridgehead atoms. The molecule has 0 radical (unpaired) electrons. The van der Waals surface area contributed by atoms with Crippen molar-refractivity contribution in [1.82, 2.24) is 15.0 Å². The molecule has 2 aromatic carbocycles. The third-order valence-corrected chi connectivity index (χ3v) is 7.18. The summed E-state index contributed by atoms with van der Waals surface area (Å²) in [6.07, 6.45) is 7.33. The first-order valence-corrected chi connectivity index (χ1v) is 12.6. The number of aryl methyl sites for hydroxylation is 1. The Morgan fingerprint density at radius 3 is 2.44 bits per heavy atom. The van der Waals surface area contributed by atoms with Gasteiger partial charge in [-0.3, -0.25) is 9.78 Å². The third-order valence-electron chi connectivity index (χ3n) is 7.18. The van der Waals surface area contributed by atoms with E-state index >= 15 is 0 Å². The van der Waals surface area contributed by atoms with E-state index in [1.165, 1.54) is 20.4 Å². The molecule has 0 aliphatic heterocycles. The van der Waals surface area contributed by atoms with Gasteiger partial charge < -0.3 is 25.6 Å². The molecule has 0 spiro atoms. The molecule has 0 unspecified atom stereocenters. The minimum absolute atomic E-state index is 0.185. The van der Waals surface area contributed by atoms with Gasteiger partial charge in [0.2, 0.25) is 5.88 Å². The van der Waals surface area contributed by atoms with Crippen LogP contribution in [0.5, 0.6) is 11.9 Å². The van der Waals surface area contributed by atoms with E-state index in [1.807, 2.05) is 25.1 Å². The maximum atomic E-state index is 12.4. The molecule has 2 aromatic heterocycles. The van der Waals surface area contributed by atoms with Crippen molar-refractivity contribution in [3.05, 3.63) is 65.0 Å². The predicted molar refractivity (Wildman–Crippen MR) is 147 cm³/mol. The number of nitrogens with two attached hydrogens (primary N) is 1. The number of hydrogen-bond donors (Lipinski definition) is 3. The molecule has 1 amide bonds. The van der Waals surface area contributed by atoms with E-state index in [0.717, 1.165) is 42.4 Å². The lowest BCUT2D eigenvalue weighted by molar-refractivity contribution is 0.0696. The number of amides is 1. The summed E-state index contributed by atoms with van der Waals surface area (Å²) in [6.45, 7) is 1.92. The summed E-state index contributed by atoms with van der Waals surface area (Å²) in [4.78, 5) is 37.4. The number of fused-ring (bicyclic) bond motifs is 1. The molecule has 1 saturated carbocycles. The van der Waals surface area contributed by atoms with E-state index in [0.29, 0.717) is 39.6 Å². The Labute approximate surface area is 225 Å². The average Bonchev–Trinajstić information content (AvgIpc) is 3.47. The first-order chi connectivity index (χ1) is 18.8. The second-order valence-corrected chi connectivity index (χ2v) is 9.63. The summed E-state index contributed by atoms with van der Waals surface area (Å²) in [6, 6.07) is 9.22. The van der Waals surface area contributed by atoms with Crippen LogP contribution in [0.2, 0.25) is 0 Å². The van der Waals surface area contributed by atoms with Crippen LogP contribution in [0, 0.1) is 6.92 Å². The van der Waals surface area contributed by atoms with Crippen LogP contribution in [0.1, 0.15) is 63.4 Å². The number of ether oxygens (including phenoxy) is 2. The number of carbonyl (C=O) groups excluding carboxylic acids is 1. The number of methoxy groups -OCH3 is 2. The van der Waals surface area contributed by atoms with E-state index in [1.54, 1.807) is 18.3 Å². The molecule has 39 heavy (non-hydrogen) atoms. The number of benzene rings is 2. The normalized spacial score (nSPS) is 13.4. The molecule has 1 aliphatic carbocycles. The van der Waals surface area contributed by atoms with Crippen LogP contribution in [-0.4, -0.2) is 46.2 Å². The zero-order valence-corrected chi connectivity index (χ0v) is 21.9. The smallest absolute Gasteiger partial charge is 0.335 e. The molecular formula is C29H29N5O5. The molecule has 0 saturated heterocycles. The Morgan fingerprint density at radius 1 is 1.00 bits per heavy atom. The first kappa shape index (κ1) is 25.9. The van der Waals surface area contributed by atoms with Crippen LogP contribution in [0.25, 0.3) is 22.0 Å². The highest BCUT2D eigenvalue weighted by atomic mass is 16.5. The highest BCUT2D eigenvalue weighted by Crippen LogP contribution is 2.39. The minimum atomic E-state index is -1.01. The van der Waals surface area contributed by atoms with Gasteiger partial charge in [0.05, 0.1) is 42.1 Å². The van der Waals surface area contributed by atoms with Crippen LogP contribution in [0.4, 0.5) is 11.4 Å². The Morgan fingerprint density at radius 2 is 1.77 bits per heavy atom. The lowest BCUT2D eigenvalue weighted by atomic mass is 9.94. The zero-order chi connectivity index (χ0) is 27.7. The van der Waals surface area contributed by atoms with Gasteiger partial charge in [-0.1, -0.05) is 12.8 Å². The third kappa shape index (κ3) is 5.05. The second-order valence-electron chi connectivity index (χ2n) is 9.63. The van der Waals surface area contributed by atoms with Gasteiger partial charge in [-0.05, 0) is 72.7 Å². The van der Waals surface area contributed by atoms with Crippen LogP contribution >= 0.6 is 0 Å². The van der Waals surface area contributed by atoms with Gasteiger partial charge in [0, 0.05) is 23.5 Å². The predicted octanol–water partition coefficient (Wildman–Crippen LogP) is 5.22. The molecule has 4 aromatic rings. The molecule has 0 atom stereocenters. The molecule has 200 valence electrons. The number of carboxylic acids is 1. The number of rotatable bonds is 8. The molecule has 10 heteroatoms. The van der Waals surface area contributed by atoms with Crippen molar-refractivity contribution in [2.45, 2.75) is 38.5 Å². The summed E-state index contributed by atoms with van der Waals surface area (Å²) in [7, 11) is 3.00. The van der Waals surface area contributed by atoms with E-state index in [2.05, 4.69) is 20.3 Å². The van der Waals surface area contributed by atoms with Gasteiger partial charge >= 0.3 is 12.0 Å². The minimum Gasteiger partial charge on any atom is -0.480 e. The fourth-order valence-corrected chi connectivity index (χ4v) is 5.24. The maximum Gasteiger partial charge on any atom is 0.335 e. The quantitative estimate of drug-likeness (QED) is 0.280. The highest BCUT2D eigenvalue weighted by molar-refractivity contribution is 6.08. The van der Waals surface area contributed by atoms with E-state index in [-0.39, 0.29) is 17.1 Å². The van der Waals surface area contributed by atoms with Crippen LogP contribution in [-0.2, 0) is 0 Å². The molecular weight excluding hydrogens is 498 g/mol.